The lowest BCUT2D eigenvalue weighted by Gasteiger charge is -2.30. The van der Waals surface area contributed by atoms with Gasteiger partial charge in [0.1, 0.15) is 0 Å². The largest absolute Gasteiger partial charge is 0.338 e. The molecular formula is C15H18N2O2. The molecule has 1 aromatic rings. The molecule has 2 aliphatic rings. The summed E-state index contributed by atoms with van der Waals surface area (Å²) in [5, 5.41) is 0. The number of hydrogen-bond acceptors (Lipinski definition) is 2. The summed E-state index contributed by atoms with van der Waals surface area (Å²) in [6.07, 6.45) is 3.18. The smallest absolute Gasteiger partial charge is 0.228 e. The predicted octanol–water partition coefficient (Wildman–Crippen LogP) is 1.83. The number of carbonyl (C=O) groups excluding carboxylic acids is 2. The zero-order chi connectivity index (χ0) is 13.7. The minimum absolute atomic E-state index is 0.233. The Bertz CT molecular complexity index is 470. The molecule has 0 spiro atoms. The van der Waals surface area contributed by atoms with E-state index in [1.54, 1.807) is 15.9 Å². The molecule has 2 amide bonds. The topological polar surface area (TPSA) is 40.6 Å². The third kappa shape index (κ3) is 3.22. The first-order valence-electron chi connectivity index (χ1n) is 6.46. The highest BCUT2D eigenvalue weighted by Crippen LogP contribution is 2.20. The lowest BCUT2D eigenvalue weighted by atomic mass is 10.1. The van der Waals surface area contributed by atoms with Crippen molar-refractivity contribution in [1.29, 1.82) is 0 Å². The number of benzene rings is 1. The van der Waals surface area contributed by atoms with E-state index in [9.17, 15) is 9.59 Å². The molecule has 0 saturated carbocycles. The summed E-state index contributed by atoms with van der Waals surface area (Å²) in [7, 11) is 0. The van der Waals surface area contributed by atoms with Gasteiger partial charge in [-0.1, -0.05) is 24.3 Å². The molecule has 0 N–H and O–H groups in total. The fourth-order valence-corrected chi connectivity index (χ4v) is 1.91. The maximum atomic E-state index is 11.0. The number of para-hydroxylation sites is 1. The van der Waals surface area contributed by atoms with Crippen LogP contribution in [-0.2, 0) is 9.59 Å². The van der Waals surface area contributed by atoms with Crippen molar-refractivity contribution >= 4 is 17.5 Å². The molecule has 0 aliphatic carbocycles. The van der Waals surface area contributed by atoms with Gasteiger partial charge in [-0.05, 0) is 12.1 Å². The minimum atomic E-state index is 0.233. The van der Waals surface area contributed by atoms with Crippen molar-refractivity contribution in [3.8, 4) is 0 Å². The number of rotatable bonds is 3. The number of nitrogens with zero attached hydrogens (tertiary/aromatic N) is 2. The van der Waals surface area contributed by atoms with Gasteiger partial charge in [-0.15, -0.1) is 6.58 Å². The summed E-state index contributed by atoms with van der Waals surface area (Å²) in [5.41, 5.74) is 1.02. The van der Waals surface area contributed by atoms with Crippen molar-refractivity contribution in [3.63, 3.8) is 0 Å². The van der Waals surface area contributed by atoms with Gasteiger partial charge in [-0.2, -0.15) is 0 Å². The third-order valence-electron chi connectivity index (χ3n) is 3.22. The minimum Gasteiger partial charge on any atom is -0.338 e. The fraction of sp³-hybridized carbons (Fsp3) is 0.333. The summed E-state index contributed by atoms with van der Waals surface area (Å²) < 4.78 is 0. The lowest BCUT2D eigenvalue weighted by molar-refractivity contribution is -0.138. The standard InChI is InChI=1S/C9H9NO.C6H9NO/c11-9-6-7-10(9)8-4-2-1-3-5-8;1-2-4-7-5-3-6(7)8/h1-5H,6-7H2;2H,1,3-5H2. The predicted molar refractivity (Wildman–Crippen MR) is 74.8 cm³/mol. The first-order valence-corrected chi connectivity index (χ1v) is 6.46. The SMILES string of the molecule is C=CCN1CCC1=O.O=C1CCN1c1ccccc1. The Labute approximate surface area is 113 Å². The molecule has 0 bridgehead atoms. The van der Waals surface area contributed by atoms with Crippen molar-refractivity contribution in [2.75, 3.05) is 24.5 Å². The highest BCUT2D eigenvalue weighted by molar-refractivity contribution is 5.99. The Morgan fingerprint density at radius 2 is 1.74 bits per heavy atom. The summed E-state index contributed by atoms with van der Waals surface area (Å²) in [6.45, 7) is 6.04. The molecule has 4 nitrogen and oxygen atoms in total. The molecule has 2 aliphatic heterocycles. The average Bonchev–Trinajstić information content (AvgIpc) is 2.43. The zero-order valence-electron chi connectivity index (χ0n) is 10.9. The van der Waals surface area contributed by atoms with Crippen LogP contribution in [0.1, 0.15) is 12.8 Å². The quantitative estimate of drug-likeness (QED) is 0.613. The van der Waals surface area contributed by atoms with Crippen molar-refractivity contribution in [1.82, 2.24) is 4.90 Å². The van der Waals surface area contributed by atoms with E-state index in [4.69, 9.17) is 0 Å². The second-order valence-corrected chi connectivity index (χ2v) is 4.51. The number of hydrogen-bond donors (Lipinski definition) is 0. The number of carbonyl (C=O) groups is 2. The van der Waals surface area contributed by atoms with E-state index in [0.29, 0.717) is 6.42 Å². The Morgan fingerprint density at radius 1 is 1.05 bits per heavy atom. The Hall–Kier alpha value is -2.10. The molecule has 4 heteroatoms. The average molecular weight is 258 g/mol. The monoisotopic (exact) mass is 258 g/mol. The fourth-order valence-electron chi connectivity index (χ4n) is 1.91. The molecule has 100 valence electrons. The normalized spacial score (nSPS) is 17.1. The molecule has 0 aromatic heterocycles. The van der Waals surface area contributed by atoms with Gasteiger partial charge in [0.25, 0.3) is 0 Å². The van der Waals surface area contributed by atoms with Gasteiger partial charge in [0.15, 0.2) is 0 Å². The van der Waals surface area contributed by atoms with Crippen LogP contribution < -0.4 is 4.90 Å². The molecule has 2 fully saturated rings. The third-order valence-corrected chi connectivity index (χ3v) is 3.22. The number of anilines is 1. The van der Waals surface area contributed by atoms with Gasteiger partial charge in [0, 0.05) is 38.2 Å². The molecular weight excluding hydrogens is 240 g/mol. The van der Waals surface area contributed by atoms with Gasteiger partial charge < -0.3 is 9.80 Å². The summed E-state index contributed by atoms with van der Waals surface area (Å²) in [6, 6.07) is 9.75. The van der Waals surface area contributed by atoms with Crippen LogP contribution in [-0.4, -0.2) is 36.3 Å². The van der Waals surface area contributed by atoms with E-state index in [-0.39, 0.29) is 11.8 Å². The van der Waals surface area contributed by atoms with Crippen molar-refractivity contribution in [3.05, 3.63) is 43.0 Å². The van der Waals surface area contributed by atoms with Crippen LogP contribution in [0.25, 0.3) is 0 Å². The lowest BCUT2D eigenvalue weighted by Crippen LogP contribution is -2.43. The van der Waals surface area contributed by atoms with Crippen molar-refractivity contribution < 1.29 is 9.59 Å². The zero-order valence-corrected chi connectivity index (χ0v) is 10.9. The van der Waals surface area contributed by atoms with Gasteiger partial charge >= 0.3 is 0 Å². The second-order valence-electron chi connectivity index (χ2n) is 4.51. The van der Waals surface area contributed by atoms with Crippen LogP contribution >= 0.6 is 0 Å². The number of β-lactam (4-membered cyclic amide) rings is 2. The van der Waals surface area contributed by atoms with Crippen LogP contribution in [0, 0.1) is 0 Å². The summed E-state index contributed by atoms with van der Waals surface area (Å²) >= 11 is 0. The van der Waals surface area contributed by atoms with E-state index in [1.807, 2.05) is 30.3 Å². The first-order chi connectivity index (χ1) is 9.22. The van der Waals surface area contributed by atoms with Crippen LogP contribution in [0.15, 0.2) is 43.0 Å². The second kappa shape index (κ2) is 6.18. The van der Waals surface area contributed by atoms with Gasteiger partial charge in [0.05, 0.1) is 0 Å². The molecule has 0 radical (unpaired) electrons. The van der Waals surface area contributed by atoms with Gasteiger partial charge in [0.2, 0.25) is 11.8 Å². The number of amides is 2. The van der Waals surface area contributed by atoms with Crippen LogP contribution in [0.2, 0.25) is 0 Å². The molecule has 1 aromatic carbocycles. The maximum Gasteiger partial charge on any atom is 0.228 e. The molecule has 3 rings (SSSR count). The Morgan fingerprint density at radius 3 is 2.05 bits per heavy atom. The Balaban J connectivity index is 0.000000148. The molecule has 0 atom stereocenters. The van der Waals surface area contributed by atoms with E-state index in [0.717, 1.165) is 31.7 Å². The first kappa shape index (κ1) is 13.3. The van der Waals surface area contributed by atoms with E-state index in [2.05, 4.69) is 6.58 Å². The molecule has 0 unspecified atom stereocenters. The Kier molecular flexibility index (Phi) is 4.34. The van der Waals surface area contributed by atoms with Crippen LogP contribution in [0.3, 0.4) is 0 Å². The summed E-state index contributed by atoms with van der Waals surface area (Å²) in [5.74, 6) is 0.487. The van der Waals surface area contributed by atoms with Crippen molar-refractivity contribution in [2.45, 2.75) is 12.8 Å². The summed E-state index contributed by atoms with van der Waals surface area (Å²) in [4.78, 5) is 25.0. The van der Waals surface area contributed by atoms with E-state index < -0.39 is 0 Å². The maximum absolute atomic E-state index is 11.0. The molecule has 2 heterocycles. The molecule has 2 saturated heterocycles. The van der Waals surface area contributed by atoms with E-state index >= 15 is 0 Å². The van der Waals surface area contributed by atoms with Gasteiger partial charge in [-0.3, -0.25) is 9.59 Å². The van der Waals surface area contributed by atoms with Crippen LogP contribution in [0.4, 0.5) is 5.69 Å². The van der Waals surface area contributed by atoms with Crippen molar-refractivity contribution in [2.24, 2.45) is 0 Å². The highest BCUT2D eigenvalue weighted by atomic mass is 16.2. The van der Waals surface area contributed by atoms with Gasteiger partial charge in [-0.25, -0.2) is 0 Å². The highest BCUT2D eigenvalue weighted by Gasteiger charge is 2.24. The molecule has 19 heavy (non-hydrogen) atoms. The number of likely N-dealkylation sites (tertiary alicyclic amines) is 1. The van der Waals surface area contributed by atoms with Crippen LogP contribution in [0.5, 0.6) is 0 Å². The van der Waals surface area contributed by atoms with E-state index in [1.165, 1.54) is 0 Å².